The topological polar surface area (TPSA) is 72.9 Å². The molecule has 7 heteroatoms. The third-order valence-corrected chi connectivity index (χ3v) is 5.90. The Kier molecular flexibility index (Phi) is 8.35. The summed E-state index contributed by atoms with van der Waals surface area (Å²) in [5.41, 5.74) is 0.962. The van der Waals surface area contributed by atoms with Crippen LogP contribution in [0.15, 0.2) is 29.7 Å². The van der Waals surface area contributed by atoms with Crippen LogP contribution in [-0.4, -0.2) is 44.7 Å². The Morgan fingerprint density at radius 2 is 1.93 bits per heavy atom. The Morgan fingerprint density at radius 3 is 2.54 bits per heavy atom. The third-order valence-electron chi connectivity index (χ3n) is 4.43. The van der Waals surface area contributed by atoms with Crippen LogP contribution in [0.4, 0.5) is 0 Å². The van der Waals surface area contributed by atoms with Crippen molar-refractivity contribution in [3.05, 3.63) is 35.2 Å². The Labute approximate surface area is 168 Å². The number of carbonyl (C=O) groups excluding carboxylic acids is 1. The molecular weight excluding hydrogens is 378 g/mol. The van der Waals surface area contributed by atoms with Crippen LogP contribution in [0.5, 0.6) is 11.5 Å². The van der Waals surface area contributed by atoms with Crippen molar-refractivity contribution in [2.24, 2.45) is 5.92 Å². The van der Waals surface area contributed by atoms with Crippen molar-refractivity contribution in [2.45, 2.75) is 46.6 Å². The number of allylic oxidation sites excluding steroid dienone is 1. The maximum atomic E-state index is 12.8. The molecule has 1 atom stereocenters. The first kappa shape index (κ1) is 22.3. The summed E-state index contributed by atoms with van der Waals surface area (Å²) < 4.78 is 34.6. The predicted molar refractivity (Wildman–Crippen MR) is 110 cm³/mol. The van der Waals surface area contributed by atoms with Crippen molar-refractivity contribution >= 4 is 15.7 Å². The van der Waals surface area contributed by atoms with E-state index in [1.165, 1.54) is 5.41 Å². The molecule has 0 fully saturated rings. The highest BCUT2D eigenvalue weighted by Gasteiger charge is 2.26. The van der Waals surface area contributed by atoms with Gasteiger partial charge in [-0.3, -0.25) is 4.79 Å². The maximum absolute atomic E-state index is 12.8. The van der Waals surface area contributed by atoms with Crippen molar-refractivity contribution in [3.63, 3.8) is 0 Å². The van der Waals surface area contributed by atoms with Crippen molar-refractivity contribution in [3.8, 4) is 11.5 Å². The first-order valence-corrected chi connectivity index (χ1v) is 11.7. The first-order chi connectivity index (χ1) is 13.4. The lowest BCUT2D eigenvalue weighted by Gasteiger charge is -2.24. The molecule has 1 aromatic carbocycles. The number of rotatable bonds is 11. The van der Waals surface area contributed by atoms with E-state index >= 15 is 0 Å². The van der Waals surface area contributed by atoms with Gasteiger partial charge in [0.2, 0.25) is 5.91 Å². The number of carbonyl (C=O) groups is 1. The number of sulfone groups is 1. The molecule has 0 saturated carbocycles. The van der Waals surface area contributed by atoms with Crippen molar-refractivity contribution in [1.29, 1.82) is 0 Å². The van der Waals surface area contributed by atoms with Gasteiger partial charge >= 0.3 is 0 Å². The number of benzene rings is 1. The lowest BCUT2D eigenvalue weighted by Crippen LogP contribution is -2.32. The molecule has 1 aromatic rings. The van der Waals surface area contributed by atoms with Crippen LogP contribution in [0.1, 0.15) is 45.6 Å². The average molecular weight is 410 g/mol. The third kappa shape index (κ3) is 6.55. The second-order valence-electron chi connectivity index (χ2n) is 7.00. The minimum atomic E-state index is -3.14. The lowest BCUT2D eigenvalue weighted by atomic mass is 10.1. The summed E-state index contributed by atoms with van der Waals surface area (Å²) in [6, 6.07) is 5.75. The molecule has 1 unspecified atom stereocenters. The van der Waals surface area contributed by atoms with Crippen LogP contribution in [-0.2, 0) is 21.2 Å². The maximum Gasteiger partial charge on any atom is 0.223 e. The smallest absolute Gasteiger partial charge is 0.223 e. The number of hydrogen-bond donors (Lipinski definition) is 0. The second kappa shape index (κ2) is 10.5. The molecule has 1 aliphatic heterocycles. The highest BCUT2D eigenvalue weighted by atomic mass is 32.2. The van der Waals surface area contributed by atoms with Crippen LogP contribution in [0, 0.1) is 5.92 Å². The minimum absolute atomic E-state index is 0.0245. The van der Waals surface area contributed by atoms with Gasteiger partial charge in [-0.25, -0.2) is 8.42 Å². The molecule has 6 nitrogen and oxygen atoms in total. The lowest BCUT2D eigenvalue weighted by molar-refractivity contribution is -0.132. The van der Waals surface area contributed by atoms with Gasteiger partial charge in [-0.1, -0.05) is 26.0 Å². The van der Waals surface area contributed by atoms with E-state index in [0.717, 1.165) is 18.4 Å². The molecule has 2 rings (SSSR count). The molecule has 0 aromatic heterocycles. The van der Waals surface area contributed by atoms with E-state index in [1.54, 1.807) is 11.0 Å². The molecule has 0 N–H and O–H groups in total. The largest absolute Gasteiger partial charge is 0.490 e. The van der Waals surface area contributed by atoms with Crippen molar-refractivity contribution in [2.75, 3.05) is 25.5 Å². The molecular formula is C21H31NO5S. The van der Waals surface area contributed by atoms with Crippen molar-refractivity contribution in [1.82, 2.24) is 4.90 Å². The highest BCUT2D eigenvalue weighted by Crippen LogP contribution is 2.29. The monoisotopic (exact) mass is 409 g/mol. The zero-order valence-electron chi connectivity index (χ0n) is 17.0. The quantitative estimate of drug-likeness (QED) is 0.559. The van der Waals surface area contributed by atoms with Gasteiger partial charge < -0.3 is 14.4 Å². The molecule has 1 aliphatic rings. The van der Waals surface area contributed by atoms with Crippen LogP contribution in [0.3, 0.4) is 0 Å². The molecule has 28 heavy (non-hydrogen) atoms. The fourth-order valence-corrected chi connectivity index (χ4v) is 4.55. The Morgan fingerprint density at radius 1 is 1.14 bits per heavy atom. The van der Waals surface area contributed by atoms with Gasteiger partial charge in [0.15, 0.2) is 21.3 Å². The predicted octanol–water partition coefficient (Wildman–Crippen LogP) is 3.56. The molecule has 0 spiro atoms. The normalized spacial score (nSPS) is 17.5. The molecule has 0 bridgehead atoms. The standard InChI is InChI=1S/C21H31NO5S/c1-4-10-22(21(23)14-18-9-12-28(24,25)16-18)15-17-7-8-19(27-11-5-2)20(13-17)26-6-3/h7-9,12-13,18H,4-6,10-11,14-16H2,1-3H3. The van der Waals surface area contributed by atoms with Gasteiger partial charge in [-0.2, -0.15) is 0 Å². The summed E-state index contributed by atoms with van der Waals surface area (Å²) in [6.45, 7) is 8.24. The van der Waals surface area contributed by atoms with Gasteiger partial charge in [0, 0.05) is 30.8 Å². The average Bonchev–Trinajstić information content (AvgIpc) is 2.99. The number of amides is 1. The number of nitrogens with zero attached hydrogens (tertiary/aromatic N) is 1. The zero-order chi connectivity index (χ0) is 20.6. The SMILES string of the molecule is CCCOc1ccc(CN(CCC)C(=O)CC2C=CS(=O)(=O)C2)cc1OCC. The summed E-state index contributed by atoms with van der Waals surface area (Å²) in [5, 5.41) is 1.22. The van der Waals surface area contributed by atoms with Crippen LogP contribution < -0.4 is 9.47 Å². The molecule has 1 amide bonds. The summed E-state index contributed by atoms with van der Waals surface area (Å²) in [7, 11) is -3.14. The number of ether oxygens (including phenoxy) is 2. The van der Waals surface area contributed by atoms with Gasteiger partial charge in [-0.05, 0) is 37.5 Å². The van der Waals surface area contributed by atoms with E-state index in [9.17, 15) is 13.2 Å². The molecule has 156 valence electrons. The van der Waals surface area contributed by atoms with E-state index in [1.807, 2.05) is 39.0 Å². The second-order valence-corrected chi connectivity index (χ2v) is 8.93. The van der Waals surface area contributed by atoms with Gasteiger partial charge in [0.25, 0.3) is 0 Å². The van der Waals surface area contributed by atoms with E-state index in [4.69, 9.17) is 9.47 Å². The summed E-state index contributed by atoms with van der Waals surface area (Å²) in [4.78, 5) is 14.6. The van der Waals surface area contributed by atoms with E-state index in [2.05, 4.69) is 0 Å². The van der Waals surface area contributed by atoms with Crippen LogP contribution in [0.2, 0.25) is 0 Å². The summed E-state index contributed by atoms with van der Waals surface area (Å²) in [6.07, 6.45) is 3.59. The Hall–Kier alpha value is -2.02. The Bertz CT molecular complexity index is 788. The summed E-state index contributed by atoms with van der Waals surface area (Å²) >= 11 is 0. The fourth-order valence-electron chi connectivity index (χ4n) is 3.15. The fraction of sp³-hybridized carbons (Fsp3) is 0.571. The van der Waals surface area contributed by atoms with E-state index < -0.39 is 9.84 Å². The van der Waals surface area contributed by atoms with Crippen LogP contribution >= 0.6 is 0 Å². The van der Waals surface area contributed by atoms with Crippen molar-refractivity contribution < 1.29 is 22.7 Å². The van der Waals surface area contributed by atoms with Gasteiger partial charge in [-0.15, -0.1) is 0 Å². The molecule has 0 radical (unpaired) electrons. The summed E-state index contributed by atoms with van der Waals surface area (Å²) in [5.74, 6) is 1.15. The number of hydrogen-bond acceptors (Lipinski definition) is 5. The molecule has 0 saturated heterocycles. The van der Waals surface area contributed by atoms with Gasteiger partial charge in [0.1, 0.15) is 0 Å². The highest BCUT2D eigenvalue weighted by molar-refractivity contribution is 7.94. The van der Waals surface area contributed by atoms with Gasteiger partial charge in [0.05, 0.1) is 19.0 Å². The zero-order valence-corrected chi connectivity index (χ0v) is 17.8. The van der Waals surface area contributed by atoms with E-state index in [-0.39, 0.29) is 24.0 Å². The minimum Gasteiger partial charge on any atom is -0.490 e. The molecule has 0 aliphatic carbocycles. The molecule has 1 heterocycles. The Balaban J connectivity index is 2.08. The first-order valence-electron chi connectivity index (χ1n) is 9.95. The van der Waals surface area contributed by atoms with Crippen LogP contribution in [0.25, 0.3) is 0 Å². The van der Waals surface area contributed by atoms with E-state index in [0.29, 0.717) is 37.8 Å².